The molecule has 4 unspecified atom stereocenters. The molecule has 4 atom stereocenters. The number of hydrogen-bond donors (Lipinski definition) is 4. The van der Waals surface area contributed by atoms with Crippen LogP contribution in [0.4, 0.5) is 0 Å². The summed E-state index contributed by atoms with van der Waals surface area (Å²) >= 11 is 1.23. The van der Waals surface area contributed by atoms with Crippen molar-refractivity contribution in [1.82, 2.24) is 25.0 Å². The number of nitrogens with one attached hydrogen (secondary N) is 1. The van der Waals surface area contributed by atoms with Gasteiger partial charge in [0.25, 0.3) is 5.56 Å². The van der Waals surface area contributed by atoms with Gasteiger partial charge in [-0.15, -0.1) is 5.10 Å². The molecule has 11 heteroatoms. The fraction of sp³-hybridized carbons (Fsp3) is 0.600. The molecule has 1 aliphatic heterocycles. The van der Waals surface area contributed by atoms with Gasteiger partial charge < -0.3 is 20.1 Å². The van der Waals surface area contributed by atoms with E-state index in [1.54, 1.807) is 6.26 Å². The third-order valence-electron chi connectivity index (χ3n) is 3.22. The van der Waals surface area contributed by atoms with Gasteiger partial charge >= 0.3 is 0 Å². The summed E-state index contributed by atoms with van der Waals surface area (Å²) in [5.41, 5.74) is -0.318. The van der Waals surface area contributed by atoms with Gasteiger partial charge in [-0.1, -0.05) is 17.0 Å². The lowest BCUT2D eigenvalue weighted by molar-refractivity contribution is -0.213. The van der Waals surface area contributed by atoms with Crippen molar-refractivity contribution < 1.29 is 20.1 Å². The van der Waals surface area contributed by atoms with Gasteiger partial charge in [0, 0.05) is 0 Å². The van der Waals surface area contributed by atoms with E-state index in [2.05, 4.69) is 20.3 Å². The Kier molecular flexibility index (Phi) is 3.67. The number of H-pyrrole nitrogens is 1. The maximum absolute atomic E-state index is 11.8. The highest BCUT2D eigenvalue weighted by Crippen LogP contribution is 2.25. The molecule has 0 spiro atoms. The van der Waals surface area contributed by atoms with Gasteiger partial charge in [0.2, 0.25) is 0 Å². The minimum absolute atomic E-state index is 0.00390. The number of hydrogen-bond acceptors (Lipinski definition) is 9. The Morgan fingerprint density at radius 3 is 2.86 bits per heavy atom. The molecule has 114 valence electrons. The molecule has 3 heterocycles. The minimum Gasteiger partial charge on any atom is -0.388 e. The molecule has 3 rings (SSSR count). The van der Waals surface area contributed by atoms with Crippen molar-refractivity contribution in [3.63, 3.8) is 0 Å². The number of aromatic amines is 1. The zero-order chi connectivity index (χ0) is 15.1. The second-order valence-electron chi connectivity index (χ2n) is 4.55. The Bertz CT molecular complexity index is 717. The predicted octanol–water partition coefficient (Wildman–Crippen LogP) is -2.15. The van der Waals surface area contributed by atoms with Gasteiger partial charge in [0.1, 0.15) is 18.3 Å². The number of aliphatic hydroxyl groups is 3. The quantitative estimate of drug-likeness (QED) is 0.359. The van der Waals surface area contributed by atoms with Crippen LogP contribution < -0.4 is 5.56 Å². The number of aromatic nitrogens is 5. The summed E-state index contributed by atoms with van der Waals surface area (Å²) in [5, 5.41) is 37.0. The average molecular weight is 315 g/mol. The predicted molar refractivity (Wildman–Crippen MR) is 70.7 cm³/mol. The largest absolute Gasteiger partial charge is 0.388 e. The molecule has 1 fully saturated rings. The highest BCUT2D eigenvalue weighted by molar-refractivity contribution is 7.98. The van der Waals surface area contributed by atoms with Crippen LogP contribution in [0.3, 0.4) is 0 Å². The molecule has 0 aliphatic carbocycles. The molecule has 10 nitrogen and oxygen atoms in total. The molecule has 4 N–H and O–H groups in total. The maximum atomic E-state index is 11.8. The fourth-order valence-corrected chi connectivity index (χ4v) is 2.47. The van der Waals surface area contributed by atoms with Crippen LogP contribution >= 0.6 is 11.8 Å². The van der Waals surface area contributed by atoms with Crippen molar-refractivity contribution in [2.45, 2.75) is 29.7 Å². The first-order valence-corrected chi connectivity index (χ1v) is 7.30. The standard InChI is InChI=1S/C10H13N5O5S/c1-21-10-11-7-4(8(19)12-10)13-14-15(7)9-6(18)5(17)3(16)2-20-9/h3,5-6,9,16-18H,2H2,1H3,(H,11,12,19). The summed E-state index contributed by atoms with van der Waals surface area (Å²) in [4.78, 5) is 18.5. The highest BCUT2D eigenvalue weighted by atomic mass is 32.2. The van der Waals surface area contributed by atoms with Crippen molar-refractivity contribution in [3.8, 4) is 0 Å². The lowest BCUT2D eigenvalue weighted by atomic mass is 10.0. The molecule has 1 saturated heterocycles. The number of aliphatic hydroxyl groups excluding tert-OH is 3. The van der Waals surface area contributed by atoms with Gasteiger partial charge in [0.05, 0.1) is 6.61 Å². The Balaban J connectivity index is 2.08. The Morgan fingerprint density at radius 1 is 1.38 bits per heavy atom. The molecular formula is C10H13N5O5S. The summed E-state index contributed by atoms with van der Waals surface area (Å²) in [6.07, 6.45) is -3.34. The normalized spacial score (nSPS) is 29.9. The molecule has 0 saturated carbocycles. The molecule has 2 aromatic heterocycles. The van der Waals surface area contributed by atoms with Crippen molar-refractivity contribution in [2.24, 2.45) is 0 Å². The van der Waals surface area contributed by atoms with Gasteiger partial charge in [0.15, 0.2) is 22.5 Å². The SMILES string of the molecule is CSc1nc2c(nnn2C2OCC(O)C(O)C2O)c(=O)[nH]1. The van der Waals surface area contributed by atoms with Crippen molar-refractivity contribution >= 4 is 22.9 Å². The monoisotopic (exact) mass is 315 g/mol. The number of thioether (sulfide) groups is 1. The van der Waals surface area contributed by atoms with Crippen LogP contribution in [0, 0.1) is 0 Å². The third kappa shape index (κ3) is 2.32. The zero-order valence-corrected chi connectivity index (χ0v) is 11.7. The number of nitrogens with zero attached hydrogens (tertiary/aromatic N) is 4. The first-order chi connectivity index (χ1) is 10.0. The number of fused-ring (bicyclic) bond motifs is 1. The summed E-state index contributed by atoms with van der Waals surface area (Å²) in [6, 6.07) is 0. The molecule has 2 aromatic rings. The molecular weight excluding hydrogens is 302 g/mol. The lowest BCUT2D eigenvalue weighted by Gasteiger charge is -2.34. The van der Waals surface area contributed by atoms with E-state index in [-0.39, 0.29) is 17.8 Å². The van der Waals surface area contributed by atoms with Gasteiger partial charge in [-0.05, 0) is 6.26 Å². The molecule has 0 bridgehead atoms. The van der Waals surface area contributed by atoms with E-state index in [9.17, 15) is 20.1 Å². The maximum Gasteiger partial charge on any atom is 0.281 e. The Morgan fingerprint density at radius 2 is 2.14 bits per heavy atom. The summed E-state index contributed by atoms with van der Waals surface area (Å²) in [6.45, 7) is -0.178. The average Bonchev–Trinajstić information content (AvgIpc) is 2.89. The topological polar surface area (TPSA) is 146 Å². The van der Waals surface area contributed by atoms with E-state index >= 15 is 0 Å². The Labute approximate surface area is 121 Å². The molecule has 21 heavy (non-hydrogen) atoms. The first-order valence-electron chi connectivity index (χ1n) is 6.08. The van der Waals surface area contributed by atoms with E-state index in [1.807, 2.05) is 0 Å². The zero-order valence-electron chi connectivity index (χ0n) is 10.9. The fourth-order valence-electron chi connectivity index (χ4n) is 2.09. The van der Waals surface area contributed by atoms with Crippen LogP contribution in [0.1, 0.15) is 6.23 Å². The van der Waals surface area contributed by atoms with Crippen LogP contribution in [0.5, 0.6) is 0 Å². The summed E-state index contributed by atoms with van der Waals surface area (Å²) < 4.78 is 6.41. The van der Waals surface area contributed by atoms with Gasteiger partial charge in [-0.25, -0.2) is 4.98 Å². The van der Waals surface area contributed by atoms with E-state index < -0.39 is 30.1 Å². The molecule has 1 aliphatic rings. The van der Waals surface area contributed by atoms with Crippen LogP contribution in [0.15, 0.2) is 9.95 Å². The molecule has 0 amide bonds. The smallest absolute Gasteiger partial charge is 0.281 e. The van der Waals surface area contributed by atoms with E-state index in [0.29, 0.717) is 5.16 Å². The van der Waals surface area contributed by atoms with Crippen LogP contribution in [0.25, 0.3) is 11.2 Å². The van der Waals surface area contributed by atoms with Crippen LogP contribution in [0.2, 0.25) is 0 Å². The second kappa shape index (κ2) is 5.35. The molecule has 0 aromatic carbocycles. The van der Waals surface area contributed by atoms with Crippen molar-refractivity contribution in [3.05, 3.63) is 10.4 Å². The second-order valence-corrected chi connectivity index (χ2v) is 5.35. The first kappa shape index (κ1) is 14.4. The van der Waals surface area contributed by atoms with Crippen molar-refractivity contribution in [1.29, 1.82) is 0 Å². The van der Waals surface area contributed by atoms with E-state index in [0.717, 1.165) is 4.68 Å². The van der Waals surface area contributed by atoms with Crippen LogP contribution in [-0.2, 0) is 4.74 Å². The summed E-state index contributed by atoms with van der Waals surface area (Å²) in [7, 11) is 0. The molecule has 0 radical (unpaired) electrons. The number of rotatable bonds is 2. The highest BCUT2D eigenvalue weighted by Gasteiger charge is 2.40. The van der Waals surface area contributed by atoms with Gasteiger partial charge in [-0.3, -0.25) is 9.78 Å². The van der Waals surface area contributed by atoms with E-state index in [4.69, 9.17) is 4.74 Å². The number of ether oxygens (including phenoxy) is 1. The third-order valence-corrected chi connectivity index (χ3v) is 3.80. The Hall–Kier alpha value is -1.53. The minimum atomic E-state index is -1.42. The van der Waals surface area contributed by atoms with Crippen molar-refractivity contribution in [2.75, 3.05) is 12.9 Å². The van der Waals surface area contributed by atoms with Crippen LogP contribution in [-0.4, -0.2) is 71.5 Å². The van der Waals surface area contributed by atoms with Gasteiger partial charge in [-0.2, -0.15) is 4.68 Å². The van der Waals surface area contributed by atoms with E-state index in [1.165, 1.54) is 11.8 Å². The summed E-state index contributed by atoms with van der Waals surface area (Å²) in [5.74, 6) is 0. The lowest BCUT2D eigenvalue weighted by Crippen LogP contribution is -2.50.